The van der Waals surface area contributed by atoms with Gasteiger partial charge in [0.05, 0.1) is 12.1 Å². The third-order valence-corrected chi connectivity index (χ3v) is 6.44. The molecule has 0 spiro atoms. The van der Waals surface area contributed by atoms with Crippen molar-refractivity contribution < 1.29 is 19.1 Å². The number of nitrogens with two attached hydrogens (primary N) is 1. The fourth-order valence-electron chi connectivity index (χ4n) is 4.40. The van der Waals surface area contributed by atoms with Crippen LogP contribution in [-0.2, 0) is 4.79 Å². The van der Waals surface area contributed by atoms with Crippen molar-refractivity contribution >= 4 is 54.2 Å². The summed E-state index contributed by atoms with van der Waals surface area (Å²) >= 11 is 0. The Hall–Kier alpha value is -3.34. The summed E-state index contributed by atoms with van der Waals surface area (Å²) in [6.07, 6.45) is 3.36. The van der Waals surface area contributed by atoms with Crippen molar-refractivity contribution in [3.63, 3.8) is 0 Å². The van der Waals surface area contributed by atoms with E-state index in [4.69, 9.17) is 15.9 Å². The summed E-state index contributed by atoms with van der Waals surface area (Å²) in [5.41, 5.74) is 6.75. The minimum atomic E-state index is -0.529. The summed E-state index contributed by atoms with van der Waals surface area (Å²) in [5.74, 6) is -0.279. The molecule has 0 saturated carbocycles. The predicted molar refractivity (Wildman–Crippen MR) is 151 cm³/mol. The monoisotopic (exact) mass is 564 g/mol. The molecule has 4 N–H and O–H groups in total. The number of carbonyl (C=O) groups is 3. The predicted octanol–water partition coefficient (Wildman–Crippen LogP) is 2.83. The van der Waals surface area contributed by atoms with E-state index in [1.165, 1.54) is 6.42 Å². The number of hydrogen-bond acceptors (Lipinski definition) is 6. The Morgan fingerprint density at radius 1 is 0.789 bits per heavy atom. The van der Waals surface area contributed by atoms with Crippen molar-refractivity contribution in [3.05, 3.63) is 59.7 Å². The first kappa shape index (κ1) is 30.9. The molecule has 12 heteroatoms. The highest BCUT2D eigenvalue weighted by Crippen LogP contribution is 2.18. The Kier molecular flexibility index (Phi) is 11.8. The number of piperazine rings is 1. The minimum absolute atomic E-state index is 0. The van der Waals surface area contributed by atoms with Crippen LogP contribution in [0.1, 0.15) is 40.0 Å². The van der Waals surface area contributed by atoms with E-state index in [-0.39, 0.29) is 42.6 Å². The molecule has 0 atom stereocenters. The smallest absolute Gasteiger partial charge is 0.343 e. The number of rotatable bonds is 6. The molecular formula is C26H34Cl2N6O4. The van der Waals surface area contributed by atoms with E-state index in [1.54, 1.807) is 53.4 Å². The molecule has 0 radical (unpaired) electrons. The molecule has 206 valence electrons. The zero-order chi connectivity index (χ0) is 25.5. The topological polar surface area (TPSA) is 132 Å². The number of guanidine groups is 1. The van der Waals surface area contributed by atoms with E-state index in [1.807, 2.05) is 4.90 Å². The third kappa shape index (κ3) is 8.34. The SMILES string of the molecule is Cl.Cl.N=C(N)Nc1ccc(C(=O)Oc2ccc(C(=O)N3CCN(CC(=O)N4CCCCC4)CC3)cc2)cc1. The van der Waals surface area contributed by atoms with Crippen LogP contribution in [-0.4, -0.2) is 84.3 Å². The number of nitrogens with zero attached hydrogens (tertiary/aromatic N) is 3. The van der Waals surface area contributed by atoms with Crippen molar-refractivity contribution in [2.45, 2.75) is 19.3 Å². The number of carbonyl (C=O) groups excluding carboxylic acids is 3. The van der Waals surface area contributed by atoms with Gasteiger partial charge in [-0.2, -0.15) is 0 Å². The molecule has 4 rings (SSSR count). The molecule has 0 aromatic heterocycles. The first-order valence-electron chi connectivity index (χ1n) is 12.2. The molecule has 2 amide bonds. The Morgan fingerprint density at radius 3 is 1.95 bits per heavy atom. The summed E-state index contributed by atoms with van der Waals surface area (Å²) < 4.78 is 5.41. The van der Waals surface area contributed by atoms with Crippen LogP contribution < -0.4 is 15.8 Å². The molecule has 2 fully saturated rings. The Bertz CT molecular complexity index is 1100. The molecule has 0 bridgehead atoms. The van der Waals surface area contributed by atoms with Gasteiger partial charge in [-0.1, -0.05) is 0 Å². The Balaban J connectivity index is 0.00000253. The molecule has 0 aliphatic carbocycles. The summed E-state index contributed by atoms with van der Waals surface area (Å²) in [6.45, 7) is 4.59. The highest BCUT2D eigenvalue weighted by molar-refractivity contribution is 5.95. The second-order valence-electron chi connectivity index (χ2n) is 9.04. The van der Waals surface area contributed by atoms with Crippen molar-refractivity contribution in [1.29, 1.82) is 5.41 Å². The Labute approximate surface area is 234 Å². The number of piperidine rings is 1. The number of ether oxygens (including phenoxy) is 1. The van der Waals surface area contributed by atoms with E-state index >= 15 is 0 Å². The number of halogens is 2. The van der Waals surface area contributed by atoms with Crippen LogP contribution in [0.5, 0.6) is 5.75 Å². The van der Waals surface area contributed by atoms with Gasteiger partial charge in [0, 0.05) is 50.5 Å². The van der Waals surface area contributed by atoms with Crippen molar-refractivity contribution in [2.75, 3.05) is 51.1 Å². The standard InChI is InChI=1S/C26H32N6O4.2ClH/c27-26(28)29-21-8-4-20(5-9-21)25(35)36-22-10-6-19(7-11-22)24(34)32-16-14-30(15-17-32)18-23(33)31-12-2-1-3-13-31;;/h4-11H,1-3,12-18H2,(H4,27,28,29);2*1H. The molecule has 38 heavy (non-hydrogen) atoms. The number of benzene rings is 2. The fraction of sp³-hybridized carbons (Fsp3) is 0.385. The van der Waals surface area contributed by atoms with Crippen LogP contribution in [0.25, 0.3) is 0 Å². The summed E-state index contributed by atoms with van der Waals surface area (Å²) in [4.78, 5) is 43.7. The number of anilines is 1. The fourth-order valence-corrected chi connectivity index (χ4v) is 4.40. The van der Waals surface area contributed by atoms with Crippen LogP contribution in [0.2, 0.25) is 0 Å². The number of esters is 1. The maximum Gasteiger partial charge on any atom is 0.343 e. The van der Waals surface area contributed by atoms with Crippen LogP contribution in [0.15, 0.2) is 48.5 Å². The minimum Gasteiger partial charge on any atom is -0.423 e. The van der Waals surface area contributed by atoms with Crippen LogP contribution in [0.3, 0.4) is 0 Å². The van der Waals surface area contributed by atoms with Crippen LogP contribution in [0.4, 0.5) is 5.69 Å². The third-order valence-electron chi connectivity index (χ3n) is 6.44. The second-order valence-corrected chi connectivity index (χ2v) is 9.04. The molecule has 10 nitrogen and oxygen atoms in total. The van der Waals surface area contributed by atoms with Gasteiger partial charge >= 0.3 is 5.97 Å². The van der Waals surface area contributed by atoms with E-state index in [2.05, 4.69) is 10.2 Å². The summed E-state index contributed by atoms with van der Waals surface area (Å²) in [6, 6.07) is 12.9. The van der Waals surface area contributed by atoms with E-state index in [0.29, 0.717) is 55.3 Å². The molecule has 2 aromatic rings. The maximum absolute atomic E-state index is 12.9. The van der Waals surface area contributed by atoms with Gasteiger partial charge in [0.25, 0.3) is 5.91 Å². The van der Waals surface area contributed by atoms with Crippen LogP contribution in [0, 0.1) is 5.41 Å². The molecule has 2 saturated heterocycles. The normalized spacial score (nSPS) is 15.5. The molecule has 2 aromatic carbocycles. The van der Waals surface area contributed by atoms with Crippen LogP contribution >= 0.6 is 24.8 Å². The van der Waals surface area contributed by atoms with Crippen molar-refractivity contribution in [3.8, 4) is 5.75 Å². The lowest BCUT2D eigenvalue weighted by atomic mass is 10.1. The zero-order valence-electron chi connectivity index (χ0n) is 21.1. The van der Waals surface area contributed by atoms with Gasteiger partial charge in [-0.3, -0.25) is 19.9 Å². The largest absolute Gasteiger partial charge is 0.423 e. The van der Waals surface area contributed by atoms with E-state index < -0.39 is 5.97 Å². The molecule has 2 aliphatic heterocycles. The summed E-state index contributed by atoms with van der Waals surface area (Å²) in [5, 5.41) is 9.87. The molecular weight excluding hydrogens is 531 g/mol. The van der Waals surface area contributed by atoms with Gasteiger partial charge in [-0.15, -0.1) is 24.8 Å². The lowest BCUT2D eigenvalue weighted by molar-refractivity contribution is -0.133. The van der Waals surface area contributed by atoms with Crippen molar-refractivity contribution in [2.24, 2.45) is 5.73 Å². The van der Waals surface area contributed by atoms with Gasteiger partial charge in [0.15, 0.2) is 5.96 Å². The lowest BCUT2D eigenvalue weighted by Crippen LogP contribution is -2.52. The quantitative estimate of drug-likeness (QED) is 0.212. The molecule has 2 aliphatic rings. The lowest BCUT2D eigenvalue weighted by Gasteiger charge is -2.36. The van der Waals surface area contributed by atoms with Crippen molar-refractivity contribution in [1.82, 2.24) is 14.7 Å². The number of hydrogen-bond donors (Lipinski definition) is 3. The van der Waals surface area contributed by atoms with E-state index in [0.717, 1.165) is 25.9 Å². The maximum atomic E-state index is 12.9. The average Bonchev–Trinajstić information content (AvgIpc) is 2.90. The molecule has 2 heterocycles. The van der Waals surface area contributed by atoms with Gasteiger partial charge in [-0.05, 0) is 67.8 Å². The number of amides is 2. The highest BCUT2D eigenvalue weighted by Gasteiger charge is 2.25. The highest BCUT2D eigenvalue weighted by atomic mass is 35.5. The zero-order valence-corrected chi connectivity index (χ0v) is 22.7. The number of likely N-dealkylation sites (tertiary alicyclic amines) is 1. The Morgan fingerprint density at radius 2 is 1.37 bits per heavy atom. The van der Waals surface area contributed by atoms with Gasteiger partial charge < -0.3 is 25.6 Å². The molecule has 0 unspecified atom stereocenters. The first-order chi connectivity index (χ1) is 17.4. The number of nitrogens with one attached hydrogen (secondary N) is 2. The van der Waals surface area contributed by atoms with E-state index in [9.17, 15) is 14.4 Å². The van der Waals surface area contributed by atoms with Gasteiger partial charge in [0.1, 0.15) is 5.75 Å². The van der Waals surface area contributed by atoms with Gasteiger partial charge in [0.2, 0.25) is 5.91 Å². The summed E-state index contributed by atoms with van der Waals surface area (Å²) in [7, 11) is 0. The second kappa shape index (κ2) is 14.6. The van der Waals surface area contributed by atoms with Gasteiger partial charge in [-0.25, -0.2) is 4.79 Å². The first-order valence-corrected chi connectivity index (χ1v) is 12.2. The average molecular weight is 566 g/mol.